The van der Waals surface area contributed by atoms with Gasteiger partial charge in [0.05, 0.1) is 17.3 Å². The quantitative estimate of drug-likeness (QED) is 0.343. The van der Waals surface area contributed by atoms with E-state index in [1.54, 1.807) is 30.0 Å². The minimum absolute atomic E-state index is 0.135. The molecule has 0 bridgehead atoms. The van der Waals surface area contributed by atoms with E-state index < -0.39 is 5.56 Å². The smallest absolute Gasteiger partial charge is 0.300 e. The average Bonchev–Trinajstić information content (AvgIpc) is 3.50. The van der Waals surface area contributed by atoms with Crippen molar-refractivity contribution >= 4 is 22.4 Å². The van der Waals surface area contributed by atoms with Crippen molar-refractivity contribution in [2.24, 2.45) is 0 Å². The molecule has 0 aliphatic rings. The fourth-order valence-corrected chi connectivity index (χ4v) is 5.18. The molecule has 3 aromatic carbocycles. The van der Waals surface area contributed by atoms with E-state index in [0.29, 0.717) is 15.8 Å². The summed E-state index contributed by atoms with van der Waals surface area (Å²) in [5.74, 6) is 0.782. The largest absolute Gasteiger partial charge is 0.496 e. The standard InChI is InChI=1S/C29H21N5O3S/c1-18-15-20(13-14-23(18)37-2)25-21(17-33(31-25)22-11-7-4-8-12-22)16-24-28(36)34-29(38-24)30-27(35)26(32-34)19-9-5-3-6-10-19/h3-17H,1-2H3/b24-16-. The summed E-state index contributed by atoms with van der Waals surface area (Å²) >= 11 is 1.12. The van der Waals surface area contributed by atoms with Gasteiger partial charge in [0.1, 0.15) is 11.4 Å². The van der Waals surface area contributed by atoms with Gasteiger partial charge in [-0.3, -0.25) is 9.59 Å². The fraction of sp³-hybridized carbons (Fsp3) is 0.0690. The predicted octanol–water partition coefficient (Wildman–Crippen LogP) is 3.90. The molecule has 0 unspecified atom stereocenters. The van der Waals surface area contributed by atoms with Gasteiger partial charge in [0.2, 0.25) is 4.96 Å². The Morgan fingerprint density at radius 1 is 0.868 bits per heavy atom. The Bertz CT molecular complexity index is 1960. The zero-order valence-corrected chi connectivity index (χ0v) is 21.3. The number of ether oxygens (including phenoxy) is 1. The zero-order chi connectivity index (χ0) is 26.2. The van der Waals surface area contributed by atoms with E-state index in [2.05, 4.69) is 10.1 Å². The summed E-state index contributed by atoms with van der Waals surface area (Å²) in [6, 6.07) is 24.6. The van der Waals surface area contributed by atoms with E-state index in [9.17, 15) is 9.59 Å². The highest BCUT2D eigenvalue weighted by Crippen LogP contribution is 2.29. The van der Waals surface area contributed by atoms with Crippen molar-refractivity contribution in [1.82, 2.24) is 24.4 Å². The Morgan fingerprint density at radius 3 is 2.32 bits per heavy atom. The summed E-state index contributed by atoms with van der Waals surface area (Å²) in [6.45, 7) is 1.97. The van der Waals surface area contributed by atoms with Crippen LogP contribution in [-0.2, 0) is 0 Å². The Balaban J connectivity index is 1.55. The normalized spacial score (nSPS) is 11.8. The molecular formula is C29H21N5O3S. The van der Waals surface area contributed by atoms with E-state index in [1.807, 2.05) is 79.9 Å². The Hall–Kier alpha value is -4.89. The maximum atomic E-state index is 13.4. The minimum atomic E-state index is -0.477. The van der Waals surface area contributed by atoms with Crippen LogP contribution >= 0.6 is 11.3 Å². The van der Waals surface area contributed by atoms with Gasteiger partial charge >= 0.3 is 5.56 Å². The van der Waals surface area contributed by atoms with Crippen molar-refractivity contribution in [2.75, 3.05) is 7.11 Å². The predicted molar refractivity (Wildman–Crippen MR) is 148 cm³/mol. The first-order valence-electron chi connectivity index (χ1n) is 11.8. The molecular weight excluding hydrogens is 498 g/mol. The second-order valence-corrected chi connectivity index (χ2v) is 9.65. The maximum Gasteiger partial charge on any atom is 0.300 e. The van der Waals surface area contributed by atoms with Gasteiger partial charge in [-0.15, -0.1) is 0 Å². The number of benzene rings is 3. The van der Waals surface area contributed by atoms with Crippen LogP contribution in [-0.4, -0.2) is 31.5 Å². The molecule has 8 nitrogen and oxygen atoms in total. The van der Waals surface area contributed by atoms with Gasteiger partial charge < -0.3 is 4.74 Å². The lowest BCUT2D eigenvalue weighted by atomic mass is 10.0. The fourth-order valence-electron chi connectivity index (χ4n) is 4.28. The van der Waals surface area contributed by atoms with Crippen LogP contribution in [0, 0.1) is 6.92 Å². The molecule has 0 saturated heterocycles. The molecule has 0 aliphatic carbocycles. The van der Waals surface area contributed by atoms with Crippen LogP contribution in [0.1, 0.15) is 11.1 Å². The summed E-state index contributed by atoms with van der Waals surface area (Å²) in [5.41, 5.74) is 4.11. The number of rotatable bonds is 5. The molecule has 0 N–H and O–H groups in total. The van der Waals surface area contributed by atoms with Crippen molar-refractivity contribution in [3.63, 3.8) is 0 Å². The lowest BCUT2D eigenvalue weighted by Gasteiger charge is -2.06. The molecule has 0 atom stereocenters. The third-order valence-corrected chi connectivity index (χ3v) is 7.11. The summed E-state index contributed by atoms with van der Waals surface area (Å²) in [5, 5.41) is 9.21. The molecule has 9 heteroatoms. The van der Waals surface area contributed by atoms with Gasteiger partial charge in [-0.2, -0.15) is 19.7 Å². The molecule has 0 radical (unpaired) electrons. The molecule has 0 spiro atoms. The number of hydrogen-bond acceptors (Lipinski definition) is 7. The number of nitrogens with zero attached hydrogens (tertiary/aromatic N) is 5. The van der Waals surface area contributed by atoms with Crippen LogP contribution in [0.4, 0.5) is 0 Å². The molecule has 3 heterocycles. The van der Waals surface area contributed by atoms with Gasteiger partial charge in [-0.25, -0.2) is 4.68 Å². The molecule has 3 aromatic heterocycles. The lowest BCUT2D eigenvalue weighted by molar-refractivity contribution is 0.412. The number of aromatic nitrogens is 5. The van der Waals surface area contributed by atoms with Crippen LogP contribution < -0.4 is 20.4 Å². The number of fused-ring (bicyclic) bond motifs is 1. The van der Waals surface area contributed by atoms with Crippen molar-refractivity contribution in [3.8, 4) is 34.0 Å². The zero-order valence-electron chi connectivity index (χ0n) is 20.5. The Morgan fingerprint density at radius 2 is 1.61 bits per heavy atom. The molecule has 38 heavy (non-hydrogen) atoms. The van der Waals surface area contributed by atoms with Gasteiger partial charge in [0, 0.05) is 22.9 Å². The molecule has 6 aromatic rings. The highest BCUT2D eigenvalue weighted by atomic mass is 32.1. The summed E-state index contributed by atoms with van der Waals surface area (Å²) in [4.78, 5) is 30.5. The Kier molecular flexibility index (Phi) is 5.89. The summed E-state index contributed by atoms with van der Waals surface area (Å²) in [6.07, 6.45) is 3.66. The maximum absolute atomic E-state index is 13.4. The highest BCUT2D eigenvalue weighted by Gasteiger charge is 2.16. The lowest BCUT2D eigenvalue weighted by Crippen LogP contribution is -2.26. The minimum Gasteiger partial charge on any atom is -0.496 e. The number of methoxy groups -OCH3 is 1. The summed E-state index contributed by atoms with van der Waals surface area (Å²) in [7, 11) is 1.64. The van der Waals surface area contributed by atoms with Crippen LogP contribution in [0.5, 0.6) is 5.75 Å². The molecule has 6 rings (SSSR count). The first-order chi connectivity index (χ1) is 18.5. The molecule has 0 aliphatic heterocycles. The van der Waals surface area contributed by atoms with Gasteiger partial charge in [0.25, 0.3) is 5.56 Å². The number of hydrogen-bond donors (Lipinski definition) is 0. The second kappa shape index (κ2) is 9.53. The van der Waals surface area contributed by atoms with Crippen molar-refractivity contribution in [3.05, 3.63) is 121 Å². The summed E-state index contributed by atoms with van der Waals surface area (Å²) < 4.78 is 8.80. The van der Waals surface area contributed by atoms with Crippen LogP contribution in [0.2, 0.25) is 0 Å². The Labute approximate surface area is 220 Å². The third-order valence-electron chi connectivity index (χ3n) is 6.15. The van der Waals surface area contributed by atoms with E-state index in [4.69, 9.17) is 9.84 Å². The number of para-hydroxylation sites is 1. The molecule has 0 amide bonds. The van der Waals surface area contributed by atoms with Gasteiger partial charge in [-0.05, 0) is 48.9 Å². The van der Waals surface area contributed by atoms with Crippen LogP contribution in [0.15, 0.2) is 94.6 Å². The van der Waals surface area contributed by atoms with Crippen molar-refractivity contribution in [2.45, 2.75) is 6.92 Å². The van der Waals surface area contributed by atoms with Crippen LogP contribution in [0.3, 0.4) is 0 Å². The SMILES string of the molecule is COc1ccc(-c2nn(-c3ccccc3)cc2/C=c2\sc3nc(=O)c(-c4ccccc4)nn3c2=O)cc1C. The molecule has 0 fully saturated rings. The van der Waals surface area contributed by atoms with Crippen molar-refractivity contribution < 1.29 is 4.74 Å². The van der Waals surface area contributed by atoms with E-state index in [-0.39, 0.29) is 16.2 Å². The second-order valence-electron chi connectivity index (χ2n) is 8.64. The van der Waals surface area contributed by atoms with Gasteiger partial charge in [0.15, 0.2) is 5.69 Å². The van der Waals surface area contributed by atoms with E-state index in [0.717, 1.165) is 39.5 Å². The average molecular weight is 520 g/mol. The number of thiazole rings is 1. The van der Waals surface area contributed by atoms with E-state index >= 15 is 0 Å². The third kappa shape index (κ3) is 4.18. The van der Waals surface area contributed by atoms with Crippen LogP contribution in [0.25, 0.3) is 39.2 Å². The first-order valence-corrected chi connectivity index (χ1v) is 12.6. The topological polar surface area (TPSA) is 91.4 Å². The first kappa shape index (κ1) is 23.5. The molecule has 186 valence electrons. The number of aryl methyl sites for hydroxylation is 1. The van der Waals surface area contributed by atoms with Gasteiger partial charge in [-0.1, -0.05) is 59.9 Å². The highest BCUT2D eigenvalue weighted by molar-refractivity contribution is 7.15. The monoisotopic (exact) mass is 519 g/mol. The molecule has 0 saturated carbocycles. The van der Waals surface area contributed by atoms with E-state index in [1.165, 1.54) is 4.52 Å². The van der Waals surface area contributed by atoms with Crippen molar-refractivity contribution in [1.29, 1.82) is 0 Å².